The van der Waals surface area contributed by atoms with Crippen molar-refractivity contribution in [3.63, 3.8) is 0 Å². The van der Waals surface area contributed by atoms with E-state index in [-0.39, 0.29) is 18.3 Å². The molecule has 154 valence electrons. The second kappa shape index (κ2) is 10.0. The maximum atomic E-state index is 13.0. The number of methoxy groups -OCH3 is 1. The molecule has 3 aromatic rings. The van der Waals surface area contributed by atoms with Crippen LogP contribution >= 0.6 is 12.4 Å². The van der Waals surface area contributed by atoms with Crippen LogP contribution in [-0.4, -0.2) is 23.2 Å². The fraction of sp³-hybridized carbons (Fsp3) is 0.286. The van der Waals surface area contributed by atoms with E-state index in [4.69, 9.17) is 15.0 Å². The molecule has 0 saturated carbocycles. The molecule has 3 unspecified atom stereocenters. The molecule has 3 N–H and O–H groups in total. The van der Waals surface area contributed by atoms with Gasteiger partial charge in [0, 0.05) is 18.5 Å². The van der Waals surface area contributed by atoms with Gasteiger partial charge >= 0.3 is 0 Å². The number of halogens is 1. The molecular formula is C21H25ClN4O3. The van der Waals surface area contributed by atoms with Gasteiger partial charge in [-0.25, -0.2) is 0 Å². The van der Waals surface area contributed by atoms with Crippen molar-refractivity contribution in [3.05, 3.63) is 77.4 Å². The standard InChI is InChI=1S/C21H24N4O3.ClH/c1-13(18(22)15-9-5-4-6-10-15)21(26)24-19(20-23-14(2)28-25-20)16-11-7-8-12-17(16)27-3;/h4-13,18-19H,22H2,1-3H3,(H,24,26);1H. The van der Waals surface area contributed by atoms with Gasteiger partial charge in [-0.2, -0.15) is 4.98 Å². The van der Waals surface area contributed by atoms with Crippen LogP contribution in [0.3, 0.4) is 0 Å². The van der Waals surface area contributed by atoms with Crippen molar-refractivity contribution < 1.29 is 14.1 Å². The molecule has 0 aliphatic carbocycles. The lowest BCUT2D eigenvalue weighted by molar-refractivity contribution is -0.125. The molecular weight excluding hydrogens is 392 g/mol. The Morgan fingerprint density at radius 3 is 2.41 bits per heavy atom. The third kappa shape index (κ3) is 5.13. The van der Waals surface area contributed by atoms with Crippen LogP contribution in [-0.2, 0) is 4.79 Å². The van der Waals surface area contributed by atoms with Gasteiger partial charge < -0.3 is 20.3 Å². The van der Waals surface area contributed by atoms with Gasteiger partial charge in [-0.3, -0.25) is 4.79 Å². The molecule has 7 nitrogen and oxygen atoms in total. The highest BCUT2D eigenvalue weighted by Gasteiger charge is 2.29. The minimum absolute atomic E-state index is 0. The Labute approximate surface area is 176 Å². The van der Waals surface area contributed by atoms with Crippen LogP contribution in [0.15, 0.2) is 59.1 Å². The second-order valence-electron chi connectivity index (χ2n) is 6.58. The van der Waals surface area contributed by atoms with Crippen molar-refractivity contribution >= 4 is 18.3 Å². The molecule has 1 heterocycles. The minimum atomic E-state index is -0.619. The highest BCUT2D eigenvalue weighted by Crippen LogP contribution is 2.29. The molecule has 0 fully saturated rings. The number of aryl methyl sites for hydroxylation is 1. The van der Waals surface area contributed by atoms with E-state index >= 15 is 0 Å². The Bertz CT molecular complexity index is 932. The number of carbonyl (C=O) groups excluding carboxylic acids is 1. The number of ether oxygens (including phenoxy) is 1. The number of rotatable bonds is 7. The van der Waals surface area contributed by atoms with Gasteiger partial charge in [0.15, 0.2) is 5.82 Å². The zero-order chi connectivity index (χ0) is 20.1. The van der Waals surface area contributed by atoms with Gasteiger partial charge in [0.2, 0.25) is 11.8 Å². The summed E-state index contributed by atoms with van der Waals surface area (Å²) in [4.78, 5) is 17.3. The predicted octanol–water partition coefficient (Wildman–Crippen LogP) is 3.35. The summed E-state index contributed by atoms with van der Waals surface area (Å²) in [6.45, 7) is 3.50. The predicted molar refractivity (Wildman–Crippen MR) is 112 cm³/mol. The number of aromatic nitrogens is 2. The summed E-state index contributed by atoms with van der Waals surface area (Å²) < 4.78 is 10.6. The Morgan fingerprint density at radius 1 is 1.14 bits per heavy atom. The molecule has 2 aromatic carbocycles. The molecule has 29 heavy (non-hydrogen) atoms. The van der Waals surface area contributed by atoms with E-state index in [2.05, 4.69) is 15.5 Å². The fourth-order valence-electron chi connectivity index (χ4n) is 3.02. The van der Waals surface area contributed by atoms with E-state index in [1.165, 1.54) is 0 Å². The smallest absolute Gasteiger partial charge is 0.225 e. The fourth-order valence-corrected chi connectivity index (χ4v) is 3.02. The number of nitrogens with one attached hydrogen (secondary N) is 1. The summed E-state index contributed by atoms with van der Waals surface area (Å²) in [5.41, 5.74) is 7.95. The summed E-state index contributed by atoms with van der Waals surface area (Å²) in [6.07, 6.45) is 0. The molecule has 0 saturated heterocycles. The summed E-state index contributed by atoms with van der Waals surface area (Å²) >= 11 is 0. The van der Waals surface area contributed by atoms with Gasteiger partial charge in [0.25, 0.3) is 0 Å². The quantitative estimate of drug-likeness (QED) is 0.612. The largest absolute Gasteiger partial charge is 0.496 e. The Hall–Kier alpha value is -2.90. The van der Waals surface area contributed by atoms with E-state index in [9.17, 15) is 4.79 Å². The number of carbonyl (C=O) groups is 1. The second-order valence-corrected chi connectivity index (χ2v) is 6.58. The average molecular weight is 417 g/mol. The van der Waals surface area contributed by atoms with Gasteiger partial charge in [0.05, 0.1) is 13.0 Å². The highest BCUT2D eigenvalue weighted by molar-refractivity contribution is 5.85. The monoisotopic (exact) mass is 416 g/mol. The molecule has 3 atom stereocenters. The van der Waals surface area contributed by atoms with Crippen LogP contribution in [0.4, 0.5) is 0 Å². The number of para-hydroxylation sites is 1. The van der Waals surface area contributed by atoms with Crippen molar-refractivity contribution in [2.75, 3.05) is 7.11 Å². The Kier molecular flexibility index (Phi) is 7.75. The van der Waals surface area contributed by atoms with E-state index in [1.807, 2.05) is 54.6 Å². The topological polar surface area (TPSA) is 103 Å². The summed E-state index contributed by atoms with van der Waals surface area (Å²) in [7, 11) is 1.58. The SMILES string of the molecule is COc1ccccc1C(NC(=O)C(C)C(N)c1ccccc1)c1noc(C)n1.Cl. The molecule has 3 rings (SSSR count). The summed E-state index contributed by atoms with van der Waals surface area (Å²) in [6, 6.07) is 15.9. The minimum Gasteiger partial charge on any atom is -0.496 e. The van der Waals surface area contributed by atoms with Crippen LogP contribution in [0, 0.1) is 12.8 Å². The van der Waals surface area contributed by atoms with Crippen LogP contribution in [0.25, 0.3) is 0 Å². The molecule has 0 spiro atoms. The Morgan fingerprint density at radius 2 is 1.79 bits per heavy atom. The molecule has 1 aromatic heterocycles. The zero-order valence-corrected chi connectivity index (χ0v) is 17.3. The lowest BCUT2D eigenvalue weighted by atomic mass is 9.94. The highest BCUT2D eigenvalue weighted by atomic mass is 35.5. The van der Waals surface area contributed by atoms with Crippen molar-refractivity contribution in [2.24, 2.45) is 11.7 Å². The number of amides is 1. The number of hydrogen-bond acceptors (Lipinski definition) is 6. The maximum Gasteiger partial charge on any atom is 0.225 e. The zero-order valence-electron chi connectivity index (χ0n) is 16.5. The normalized spacial score (nSPS) is 13.7. The number of benzene rings is 2. The van der Waals surface area contributed by atoms with E-state index < -0.39 is 18.0 Å². The van der Waals surface area contributed by atoms with Crippen LogP contribution in [0.5, 0.6) is 5.75 Å². The van der Waals surface area contributed by atoms with Crippen LogP contribution in [0.2, 0.25) is 0 Å². The molecule has 0 aliphatic heterocycles. The van der Waals surface area contributed by atoms with Crippen molar-refractivity contribution in [1.82, 2.24) is 15.5 Å². The average Bonchev–Trinajstić information content (AvgIpc) is 3.17. The lowest BCUT2D eigenvalue weighted by Crippen LogP contribution is -2.38. The van der Waals surface area contributed by atoms with Crippen molar-refractivity contribution in [3.8, 4) is 5.75 Å². The summed E-state index contributed by atoms with van der Waals surface area (Å²) in [5.74, 6) is 0.714. The molecule has 0 radical (unpaired) electrons. The van der Waals surface area contributed by atoms with E-state index in [0.717, 1.165) is 11.1 Å². The van der Waals surface area contributed by atoms with E-state index in [0.29, 0.717) is 17.5 Å². The molecule has 8 heteroatoms. The first-order valence-corrected chi connectivity index (χ1v) is 9.05. The van der Waals surface area contributed by atoms with Gasteiger partial charge in [0.1, 0.15) is 11.8 Å². The van der Waals surface area contributed by atoms with E-state index in [1.54, 1.807) is 21.0 Å². The Balaban J connectivity index is 0.00000300. The molecule has 0 bridgehead atoms. The first kappa shape index (κ1) is 22.4. The number of hydrogen-bond donors (Lipinski definition) is 2. The molecule has 1 amide bonds. The van der Waals surface area contributed by atoms with Crippen LogP contribution < -0.4 is 15.8 Å². The molecule has 0 aliphatic rings. The lowest BCUT2D eigenvalue weighted by Gasteiger charge is -2.24. The number of nitrogens with zero attached hydrogens (tertiary/aromatic N) is 2. The van der Waals surface area contributed by atoms with Crippen LogP contribution in [0.1, 0.15) is 41.8 Å². The number of nitrogens with two attached hydrogens (primary N) is 1. The summed E-state index contributed by atoms with van der Waals surface area (Å²) in [5, 5.41) is 7.00. The first-order chi connectivity index (χ1) is 13.5. The third-order valence-corrected chi connectivity index (χ3v) is 4.67. The van der Waals surface area contributed by atoms with Crippen molar-refractivity contribution in [1.29, 1.82) is 0 Å². The van der Waals surface area contributed by atoms with Crippen molar-refractivity contribution in [2.45, 2.75) is 25.9 Å². The van der Waals surface area contributed by atoms with Gasteiger partial charge in [-0.1, -0.05) is 60.6 Å². The third-order valence-electron chi connectivity index (χ3n) is 4.67. The maximum absolute atomic E-state index is 13.0. The van der Waals surface area contributed by atoms with Gasteiger partial charge in [-0.05, 0) is 11.6 Å². The first-order valence-electron chi connectivity index (χ1n) is 9.05. The van der Waals surface area contributed by atoms with Gasteiger partial charge in [-0.15, -0.1) is 12.4 Å².